The van der Waals surface area contributed by atoms with E-state index in [1.165, 1.54) is 0 Å². The largest absolute Gasteiger partial charge is 0.369 e. The molecule has 0 aromatic heterocycles. The second-order valence-corrected chi connectivity index (χ2v) is 5.52. The summed E-state index contributed by atoms with van der Waals surface area (Å²) in [4.78, 5) is 11.1. The van der Waals surface area contributed by atoms with Gasteiger partial charge in [0, 0.05) is 12.1 Å². The van der Waals surface area contributed by atoms with E-state index in [4.69, 9.17) is 10.5 Å². The van der Waals surface area contributed by atoms with E-state index >= 15 is 0 Å². The van der Waals surface area contributed by atoms with Gasteiger partial charge in [-0.2, -0.15) is 0 Å². The van der Waals surface area contributed by atoms with E-state index in [0.29, 0.717) is 12.2 Å². The van der Waals surface area contributed by atoms with Gasteiger partial charge in [0.2, 0.25) is 5.91 Å². The van der Waals surface area contributed by atoms with Crippen LogP contribution in [0.1, 0.15) is 41.3 Å². The molecule has 4 nitrogen and oxygen atoms in total. The van der Waals surface area contributed by atoms with Gasteiger partial charge in [0.25, 0.3) is 0 Å². The average molecular weight is 262 g/mol. The number of hydrogen-bond acceptors (Lipinski definition) is 3. The first-order chi connectivity index (χ1) is 9.00. The number of primary amides is 1. The van der Waals surface area contributed by atoms with Gasteiger partial charge in [-0.25, -0.2) is 0 Å². The number of piperidine rings is 1. The number of hydrogen-bond donors (Lipinski definition) is 2. The maximum atomic E-state index is 11.1. The number of nitrogens with one attached hydrogen (secondary N) is 1. The zero-order valence-corrected chi connectivity index (χ0v) is 11.7. The number of rotatable bonds is 4. The van der Waals surface area contributed by atoms with Gasteiger partial charge in [0.15, 0.2) is 0 Å². The summed E-state index contributed by atoms with van der Waals surface area (Å²) in [5.74, 6) is -0.390. The summed E-state index contributed by atoms with van der Waals surface area (Å²) in [5, 5.41) is 3.36. The van der Waals surface area contributed by atoms with Crippen molar-refractivity contribution in [3.63, 3.8) is 0 Å². The Hall–Kier alpha value is -1.39. The molecule has 2 rings (SSSR count). The van der Waals surface area contributed by atoms with Crippen LogP contribution in [0.25, 0.3) is 0 Å². The molecule has 104 valence electrons. The summed E-state index contributed by atoms with van der Waals surface area (Å²) in [5.41, 5.74) is 7.88. The molecule has 1 heterocycles. The summed E-state index contributed by atoms with van der Waals surface area (Å²) in [6, 6.07) is 5.51. The lowest BCUT2D eigenvalue weighted by Gasteiger charge is -2.34. The molecule has 1 saturated heterocycles. The van der Waals surface area contributed by atoms with Crippen molar-refractivity contribution >= 4 is 5.91 Å². The first kappa shape index (κ1) is 14.0. The predicted molar refractivity (Wildman–Crippen MR) is 75.0 cm³/mol. The topological polar surface area (TPSA) is 64.4 Å². The van der Waals surface area contributed by atoms with Crippen LogP contribution in [0.4, 0.5) is 0 Å². The third kappa shape index (κ3) is 3.55. The Morgan fingerprint density at radius 2 is 2.32 bits per heavy atom. The fourth-order valence-electron chi connectivity index (χ4n) is 2.41. The molecule has 0 saturated carbocycles. The van der Waals surface area contributed by atoms with Gasteiger partial charge < -0.3 is 15.8 Å². The summed E-state index contributed by atoms with van der Waals surface area (Å²) >= 11 is 0. The Morgan fingerprint density at radius 1 is 1.53 bits per heavy atom. The fourth-order valence-corrected chi connectivity index (χ4v) is 2.41. The zero-order valence-electron chi connectivity index (χ0n) is 11.7. The number of aryl methyl sites for hydroxylation is 1. The second-order valence-electron chi connectivity index (χ2n) is 5.52. The molecule has 0 spiro atoms. The van der Waals surface area contributed by atoms with Crippen LogP contribution in [0, 0.1) is 6.92 Å². The molecule has 1 aliphatic rings. The normalized spacial score (nSPS) is 23.3. The van der Waals surface area contributed by atoms with Crippen molar-refractivity contribution in [3.8, 4) is 0 Å². The van der Waals surface area contributed by atoms with Gasteiger partial charge in [-0.1, -0.05) is 6.07 Å². The van der Waals surface area contributed by atoms with E-state index in [2.05, 4.69) is 12.2 Å². The molecule has 1 aliphatic heterocycles. The molecule has 19 heavy (non-hydrogen) atoms. The lowest BCUT2D eigenvalue weighted by Crippen LogP contribution is -2.45. The van der Waals surface area contributed by atoms with Gasteiger partial charge in [-0.05, 0) is 56.5 Å². The van der Waals surface area contributed by atoms with Gasteiger partial charge in [-0.15, -0.1) is 0 Å². The van der Waals surface area contributed by atoms with Crippen LogP contribution in [-0.2, 0) is 11.3 Å². The quantitative estimate of drug-likeness (QED) is 0.869. The van der Waals surface area contributed by atoms with Crippen molar-refractivity contribution in [1.29, 1.82) is 0 Å². The second kappa shape index (κ2) is 5.72. The monoisotopic (exact) mass is 262 g/mol. The van der Waals surface area contributed by atoms with E-state index in [1.807, 2.05) is 19.1 Å². The highest BCUT2D eigenvalue weighted by atomic mass is 16.5. The van der Waals surface area contributed by atoms with Crippen molar-refractivity contribution < 1.29 is 9.53 Å². The molecule has 1 aromatic rings. The molecule has 0 bridgehead atoms. The maximum Gasteiger partial charge on any atom is 0.248 e. The summed E-state index contributed by atoms with van der Waals surface area (Å²) in [7, 11) is 0. The third-order valence-corrected chi connectivity index (χ3v) is 3.76. The Labute approximate surface area is 114 Å². The minimum Gasteiger partial charge on any atom is -0.369 e. The van der Waals surface area contributed by atoms with E-state index in [9.17, 15) is 4.79 Å². The predicted octanol–water partition coefficient (Wildman–Crippen LogP) is 1.75. The standard InChI is InChI=1S/C15H22N2O2/c1-11-8-12(14(16)18)4-5-13(11)9-19-15(2)6-3-7-17-10-15/h4-5,8,17H,3,6-7,9-10H2,1-2H3,(H2,16,18). The number of ether oxygens (including phenoxy) is 1. The Kier molecular flexibility index (Phi) is 4.22. The first-order valence-corrected chi connectivity index (χ1v) is 6.74. The van der Waals surface area contributed by atoms with Crippen LogP contribution in [-0.4, -0.2) is 24.6 Å². The van der Waals surface area contributed by atoms with E-state index in [0.717, 1.165) is 37.1 Å². The maximum absolute atomic E-state index is 11.1. The minimum absolute atomic E-state index is 0.0902. The van der Waals surface area contributed by atoms with Crippen molar-refractivity contribution in [1.82, 2.24) is 5.32 Å². The highest BCUT2D eigenvalue weighted by Gasteiger charge is 2.27. The summed E-state index contributed by atoms with van der Waals surface area (Å²) < 4.78 is 6.06. The van der Waals surface area contributed by atoms with E-state index in [1.54, 1.807) is 6.07 Å². The van der Waals surface area contributed by atoms with Crippen molar-refractivity contribution in [2.45, 2.75) is 38.9 Å². The molecule has 0 aliphatic carbocycles. The number of amides is 1. The average Bonchev–Trinajstić information content (AvgIpc) is 2.38. The number of carbonyl (C=O) groups excluding carboxylic acids is 1. The zero-order chi connectivity index (χ0) is 13.9. The highest BCUT2D eigenvalue weighted by molar-refractivity contribution is 5.93. The Balaban J connectivity index is 2.01. The minimum atomic E-state index is -0.390. The number of carbonyl (C=O) groups is 1. The van der Waals surface area contributed by atoms with Crippen molar-refractivity contribution in [2.75, 3.05) is 13.1 Å². The fraction of sp³-hybridized carbons (Fsp3) is 0.533. The lowest BCUT2D eigenvalue weighted by atomic mass is 9.96. The summed E-state index contributed by atoms with van der Waals surface area (Å²) in [6.07, 6.45) is 2.23. The molecule has 3 N–H and O–H groups in total. The number of nitrogens with two attached hydrogens (primary N) is 1. The summed E-state index contributed by atoms with van der Waals surface area (Å²) in [6.45, 7) is 6.67. The van der Waals surface area contributed by atoms with Gasteiger partial charge >= 0.3 is 0 Å². The molecule has 1 amide bonds. The van der Waals surface area contributed by atoms with Gasteiger partial charge in [0.05, 0.1) is 12.2 Å². The third-order valence-electron chi connectivity index (χ3n) is 3.76. The lowest BCUT2D eigenvalue weighted by molar-refractivity contribution is -0.0573. The molecular formula is C15H22N2O2. The van der Waals surface area contributed by atoms with Gasteiger partial charge in [-0.3, -0.25) is 4.79 Å². The van der Waals surface area contributed by atoms with Crippen LogP contribution in [0.5, 0.6) is 0 Å². The molecule has 0 radical (unpaired) electrons. The SMILES string of the molecule is Cc1cc(C(N)=O)ccc1COC1(C)CCCNC1. The van der Waals surface area contributed by atoms with Crippen LogP contribution >= 0.6 is 0 Å². The van der Waals surface area contributed by atoms with Crippen LogP contribution < -0.4 is 11.1 Å². The van der Waals surface area contributed by atoms with Crippen LogP contribution in [0.15, 0.2) is 18.2 Å². The highest BCUT2D eigenvalue weighted by Crippen LogP contribution is 2.23. The Morgan fingerprint density at radius 3 is 2.89 bits per heavy atom. The molecule has 1 unspecified atom stereocenters. The van der Waals surface area contributed by atoms with E-state index in [-0.39, 0.29) is 11.5 Å². The first-order valence-electron chi connectivity index (χ1n) is 6.74. The van der Waals surface area contributed by atoms with Gasteiger partial charge in [0.1, 0.15) is 0 Å². The van der Waals surface area contributed by atoms with Crippen molar-refractivity contribution in [3.05, 3.63) is 34.9 Å². The molecular weight excluding hydrogens is 240 g/mol. The molecule has 1 aromatic carbocycles. The molecule has 4 heteroatoms. The smallest absolute Gasteiger partial charge is 0.248 e. The number of benzene rings is 1. The van der Waals surface area contributed by atoms with E-state index < -0.39 is 0 Å². The van der Waals surface area contributed by atoms with Crippen LogP contribution in [0.2, 0.25) is 0 Å². The molecule has 1 fully saturated rings. The Bertz CT molecular complexity index is 465. The molecule has 1 atom stereocenters. The van der Waals surface area contributed by atoms with Crippen molar-refractivity contribution in [2.24, 2.45) is 5.73 Å². The van der Waals surface area contributed by atoms with Crippen LogP contribution in [0.3, 0.4) is 0 Å².